The van der Waals surface area contributed by atoms with E-state index in [0.29, 0.717) is 0 Å². The average Bonchev–Trinajstić information content (AvgIpc) is 2.34. The molecule has 1 aliphatic rings. The lowest BCUT2D eigenvalue weighted by Crippen LogP contribution is -2.58. The first kappa shape index (κ1) is 13.2. The van der Waals surface area contributed by atoms with E-state index >= 15 is 0 Å². The molecule has 0 radical (unpaired) electrons. The van der Waals surface area contributed by atoms with Gasteiger partial charge in [-0.05, 0) is 38.8 Å². The lowest BCUT2D eigenvalue weighted by molar-refractivity contribution is 0.398. The minimum absolute atomic E-state index is 0.159. The van der Waals surface area contributed by atoms with Crippen molar-refractivity contribution in [2.24, 2.45) is 4.99 Å². The number of nitrogens with one attached hydrogen (secondary N) is 3. The molecule has 0 saturated carbocycles. The fourth-order valence-electron chi connectivity index (χ4n) is 2.37. The zero-order valence-electron chi connectivity index (χ0n) is 11.6. The highest BCUT2D eigenvalue weighted by Crippen LogP contribution is 2.25. The third kappa shape index (κ3) is 2.96. The van der Waals surface area contributed by atoms with Crippen LogP contribution in [-0.4, -0.2) is 25.2 Å². The van der Waals surface area contributed by atoms with E-state index in [1.54, 1.807) is 0 Å². The molecular formula is C14H22N4. The number of aliphatic imine (C=N–C) groups is 1. The Morgan fingerprint density at radius 1 is 1.11 bits per heavy atom. The van der Waals surface area contributed by atoms with Gasteiger partial charge in [-0.25, -0.2) is 0 Å². The van der Waals surface area contributed by atoms with Gasteiger partial charge in [0.2, 0.25) is 0 Å². The van der Waals surface area contributed by atoms with Gasteiger partial charge in [0.05, 0.1) is 11.9 Å². The van der Waals surface area contributed by atoms with Crippen molar-refractivity contribution >= 4 is 11.4 Å². The Bertz CT molecular complexity index is 436. The predicted octanol–water partition coefficient (Wildman–Crippen LogP) is 1.73. The van der Waals surface area contributed by atoms with Crippen LogP contribution in [-0.2, 0) is 0 Å². The zero-order valence-corrected chi connectivity index (χ0v) is 11.6. The minimum atomic E-state index is 0.159. The maximum absolute atomic E-state index is 4.79. The number of hydrogen-bond acceptors (Lipinski definition) is 4. The summed E-state index contributed by atoms with van der Waals surface area (Å²) in [7, 11) is 0. The molecular weight excluding hydrogens is 224 g/mol. The first-order valence-corrected chi connectivity index (χ1v) is 6.38. The fourth-order valence-corrected chi connectivity index (χ4v) is 2.37. The van der Waals surface area contributed by atoms with Gasteiger partial charge in [-0.3, -0.25) is 20.9 Å². The molecule has 2 rings (SSSR count). The van der Waals surface area contributed by atoms with E-state index in [1.807, 2.05) is 0 Å². The molecule has 1 aromatic carbocycles. The Hall–Kier alpha value is -1.23. The van der Waals surface area contributed by atoms with Crippen LogP contribution in [0.4, 0.5) is 5.69 Å². The lowest BCUT2D eigenvalue weighted by Gasteiger charge is -2.26. The normalized spacial score (nSPS) is 18.1. The average molecular weight is 246 g/mol. The van der Waals surface area contributed by atoms with Gasteiger partial charge < -0.3 is 0 Å². The van der Waals surface area contributed by atoms with Crippen LogP contribution < -0.4 is 16.0 Å². The van der Waals surface area contributed by atoms with E-state index in [1.165, 1.54) is 16.7 Å². The van der Waals surface area contributed by atoms with Crippen LogP contribution in [0, 0.1) is 20.8 Å². The molecule has 1 aliphatic heterocycles. The molecule has 4 nitrogen and oxygen atoms in total. The summed E-state index contributed by atoms with van der Waals surface area (Å²) in [5.74, 6) is 0. The van der Waals surface area contributed by atoms with E-state index in [4.69, 9.17) is 4.99 Å². The second kappa shape index (κ2) is 5.61. The van der Waals surface area contributed by atoms with Gasteiger partial charge >= 0.3 is 0 Å². The highest BCUT2D eigenvalue weighted by molar-refractivity contribution is 5.90. The highest BCUT2D eigenvalue weighted by Gasteiger charge is 2.14. The van der Waals surface area contributed by atoms with Gasteiger partial charge in [0.1, 0.15) is 0 Å². The Balaban J connectivity index is 2.26. The van der Waals surface area contributed by atoms with Crippen molar-refractivity contribution in [1.82, 2.24) is 16.0 Å². The van der Waals surface area contributed by atoms with Gasteiger partial charge in [0, 0.05) is 19.0 Å². The molecule has 0 unspecified atom stereocenters. The number of hydrogen-bond donors (Lipinski definition) is 3. The van der Waals surface area contributed by atoms with E-state index < -0.39 is 0 Å². The second-order valence-corrected chi connectivity index (χ2v) is 4.95. The van der Waals surface area contributed by atoms with Gasteiger partial charge in [0.25, 0.3) is 0 Å². The van der Waals surface area contributed by atoms with E-state index in [2.05, 4.69) is 55.8 Å². The molecule has 0 aromatic heterocycles. The molecule has 0 bridgehead atoms. The fraction of sp³-hybridized carbons (Fsp3) is 0.500. The second-order valence-electron chi connectivity index (χ2n) is 4.95. The van der Waals surface area contributed by atoms with Gasteiger partial charge in [0.15, 0.2) is 0 Å². The Labute approximate surface area is 109 Å². The lowest BCUT2D eigenvalue weighted by atomic mass is 10.1. The Morgan fingerprint density at radius 3 is 2.22 bits per heavy atom. The van der Waals surface area contributed by atoms with Crippen LogP contribution >= 0.6 is 0 Å². The van der Waals surface area contributed by atoms with Crippen LogP contribution in [0.1, 0.15) is 23.6 Å². The van der Waals surface area contributed by atoms with Crippen molar-refractivity contribution in [1.29, 1.82) is 0 Å². The number of aryl methyl sites for hydroxylation is 3. The largest absolute Gasteiger partial charge is 0.292 e. The maximum atomic E-state index is 4.79. The molecule has 0 spiro atoms. The zero-order chi connectivity index (χ0) is 13.1. The third-order valence-electron chi connectivity index (χ3n) is 3.20. The Kier molecular flexibility index (Phi) is 4.11. The SMILES string of the molecule is CC(=Nc1c(C)cc(C)cc1C)C1NCNCN1. The molecule has 3 N–H and O–H groups in total. The molecule has 1 aromatic rings. The van der Waals surface area contributed by atoms with E-state index in [-0.39, 0.29) is 6.17 Å². The summed E-state index contributed by atoms with van der Waals surface area (Å²) in [4.78, 5) is 4.79. The molecule has 0 amide bonds. The topological polar surface area (TPSA) is 48.5 Å². The van der Waals surface area contributed by atoms with Crippen molar-refractivity contribution in [2.75, 3.05) is 13.3 Å². The quantitative estimate of drug-likeness (QED) is 0.697. The summed E-state index contributed by atoms with van der Waals surface area (Å²) in [5, 5.41) is 9.86. The molecule has 1 saturated heterocycles. The maximum Gasteiger partial charge on any atom is 0.0987 e. The van der Waals surface area contributed by atoms with Crippen LogP contribution in [0.25, 0.3) is 0 Å². The summed E-state index contributed by atoms with van der Waals surface area (Å²) >= 11 is 0. The van der Waals surface area contributed by atoms with Crippen LogP contribution in [0.2, 0.25) is 0 Å². The molecule has 98 valence electrons. The summed E-state index contributed by atoms with van der Waals surface area (Å²) in [6.45, 7) is 10.1. The summed E-state index contributed by atoms with van der Waals surface area (Å²) < 4.78 is 0. The van der Waals surface area contributed by atoms with Crippen molar-refractivity contribution < 1.29 is 0 Å². The van der Waals surface area contributed by atoms with Crippen molar-refractivity contribution in [3.8, 4) is 0 Å². The highest BCUT2D eigenvalue weighted by atomic mass is 15.3. The van der Waals surface area contributed by atoms with Gasteiger partial charge in [-0.15, -0.1) is 0 Å². The molecule has 1 fully saturated rings. The summed E-state index contributed by atoms with van der Waals surface area (Å²) in [6.07, 6.45) is 0.159. The summed E-state index contributed by atoms with van der Waals surface area (Å²) in [5.41, 5.74) is 5.94. The van der Waals surface area contributed by atoms with E-state index in [0.717, 1.165) is 24.7 Å². The predicted molar refractivity (Wildman–Crippen MR) is 76.4 cm³/mol. The molecule has 4 heteroatoms. The standard InChI is InChI=1S/C14H22N4/c1-9-5-10(2)13(11(3)6-9)18-12(4)14-16-7-15-8-17-14/h5-6,14-17H,7-8H2,1-4H3. The third-order valence-corrected chi connectivity index (χ3v) is 3.20. The number of rotatable bonds is 2. The Morgan fingerprint density at radius 2 is 1.67 bits per heavy atom. The van der Waals surface area contributed by atoms with Gasteiger partial charge in [-0.2, -0.15) is 0 Å². The number of benzene rings is 1. The molecule has 0 aliphatic carbocycles. The van der Waals surface area contributed by atoms with Crippen LogP contribution in [0.5, 0.6) is 0 Å². The molecule has 1 heterocycles. The molecule has 0 atom stereocenters. The van der Waals surface area contributed by atoms with Crippen LogP contribution in [0.15, 0.2) is 17.1 Å². The van der Waals surface area contributed by atoms with Crippen molar-refractivity contribution in [3.63, 3.8) is 0 Å². The van der Waals surface area contributed by atoms with Crippen LogP contribution in [0.3, 0.4) is 0 Å². The van der Waals surface area contributed by atoms with Gasteiger partial charge in [-0.1, -0.05) is 17.7 Å². The first-order valence-electron chi connectivity index (χ1n) is 6.38. The smallest absolute Gasteiger partial charge is 0.0987 e. The first-order chi connectivity index (χ1) is 8.58. The van der Waals surface area contributed by atoms with Crippen molar-refractivity contribution in [3.05, 3.63) is 28.8 Å². The molecule has 18 heavy (non-hydrogen) atoms. The monoisotopic (exact) mass is 246 g/mol. The van der Waals surface area contributed by atoms with Crippen molar-refractivity contribution in [2.45, 2.75) is 33.9 Å². The summed E-state index contributed by atoms with van der Waals surface area (Å²) in [6, 6.07) is 4.37. The minimum Gasteiger partial charge on any atom is -0.292 e. The van der Waals surface area contributed by atoms with E-state index in [9.17, 15) is 0 Å². The number of nitrogens with zero attached hydrogens (tertiary/aromatic N) is 1.